The van der Waals surface area contributed by atoms with E-state index in [0.717, 1.165) is 65.9 Å². The fraction of sp³-hybridized carbons (Fsp3) is 0.400. The van der Waals surface area contributed by atoms with Crippen molar-refractivity contribution in [2.45, 2.75) is 50.6 Å². The maximum Gasteiger partial charge on any atom is 0.251 e. The van der Waals surface area contributed by atoms with E-state index in [1.807, 2.05) is 47.4 Å². The van der Waals surface area contributed by atoms with E-state index in [-0.39, 0.29) is 43.3 Å². The van der Waals surface area contributed by atoms with Gasteiger partial charge in [-0.1, -0.05) is 54.1 Å². The monoisotopic (exact) mass is 631 g/mol. The Kier molecular flexibility index (Phi) is 11.2. The van der Waals surface area contributed by atoms with Crippen LogP contribution < -0.4 is 11.1 Å². The second kappa shape index (κ2) is 15.5. The number of para-hydroxylation sites is 2. The number of aryl methyl sites for hydroxylation is 1. The van der Waals surface area contributed by atoms with E-state index in [1.54, 1.807) is 19.2 Å². The summed E-state index contributed by atoms with van der Waals surface area (Å²) in [5.41, 5.74) is 11.8. The molecule has 4 N–H and O–H groups in total. The van der Waals surface area contributed by atoms with Crippen LogP contribution in [-0.4, -0.2) is 77.4 Å². The number of likely N-dealkylation sites (tertiary alicyclic amines) is 1. The van der Waals surface area contributed by atoms with Crippen LogP contribution in [-0.2, 0) is 22.5 Å². The van der Waals surface area contributed by atoms with E-state index in [2.05, 4.69) is 22.0 Å². The van der Waals surface area contributed by atoms with E-state index >= 15 is 0 Å². The van der Waals surface area contributed by atoms with Gasteiger partial charge >= 0.3 is 0 Å². The molecule has 3 aromatic carbocycles. The minimum Gasteiger partial charge on any atom is -0.395 e. The van der Waals surface area contributed by atoms with Crippen molar-refractivity contribution in [3.05, 3.63) is 88.7 Å². The number of hydrogen-bond donors (Lipinski definition) is 3. The maximum atomic E-state index is 13.4. The minimum atomic E-state index is -0.303. The summed E-state index contributed by atoms with van der Waals surface area (Å²) in [6.07, 6.45) is 3.70. The Labute approximate surface area is 269 Å². The highest BCUT2D eigenvalue weighted by molar-refractivity contribution is 6.33. The lowest BCUT2D eigenvalue weighted by Gasteiger charge is -2.33. The smallest absolute Gasteiger partial charge is 0.251 e. The largest absolute Gasteiger partial charge is 0.395 e. The molecule has 0 radical (unpaired) electrons. The van der Waals surface area contributed by atoms with Crippen LogP contribution in [0.4, 0.5) is 0 Å². The summed E-state index contributed by atoms with van der Waals surface area (Å²) in [5.74, 6) is 1.03. The molecule has 0 aliphatic carbocycles. The molecule has 1 aliphatic heterocycles. The summed E-state index contributed by atoms with van der Waals surface area (Å²) in [6, 6.07) is 21.0. The van der Waals surface area contributed by atoms with E-state index in [0.29, 0.717) is 30.2 Å². The lowest BCUT2D eigenvalue weighted by atomic mass is 9.95. The molecule has 2 atom stereocenters. The van der Waals surface area contributed by atoms with Crippen LogP contribution in [0, 0.1) is 0 Å². The van der Waals surface area contributed by atoms with Crippen molar-refractivity contribution in [1.82, 2.24) is 19.8 Å². The number of nitrogens with two attached hydrogens (primary N) is 1. The summed E-state index contributed by atoms with van der Waals surface area (Å²) in [4.78, 5) is 32.5. The first-order chi connectivity index (χ1) is 21.9. The number of hydrogen-bond acceptors (Lipinski definition) is 6. The van der Waals surface area contributed by atoms with Gasteiger partial charge in [-0.25, -0.2) is 4.98 Å². The molecular formula is C35H42ClN5O4. The number of carbonyl (C=O) groups is 2. The molecule has 1 saturated heterocycles. The highest BCUT2D eigenvalue weighted by Gasteiger charge is 2.29. The van der Waals surface area contributed by atoms with Gasteiger partial charge in [0.25, 0.3) is 5.91 Å². The molecule has 1 aromatic heterocycles. The summed E-state index contributed by atoms with van der Waals surface area (Å²) < 4.78 is 7.60. The van der Waals surface area contributed by atoms with Crippen LogP contribution in [0.25, 0.3) is 22.2 Å². The number of aromatic nitrogens is 2. The Hall–Kier alpha value is -3.76. The molecule has 2 amide bonds. The van der Waals surface area contributed by atoms with Gasteiger partial charge in [0.05, 0.1) is 17.6 Å². The molecule has 4 aromatic rings. The van der Waals surface area contributed by atoms with Crippen LogP contribution in [0.3, 0.4) is 0 Å². The summed E-state index contributed by atoms with van der Waals surface area (Å²) >= 11 is 6.50. The third-order valence-corrected chi connectivity index (χ3v) is 8.69. The molecule has 10 heteroatoms. The third kappa shape index (κ3) is 8.10. The summed E-state index contributed by atoms with van der Waals surface area (Å²) in [7, 11) is 1.72. The van der Waals surface area contributed by atoms with Gasteiger partial charge in [-0.3, -0.25) is 9.59 Å². The van der Waals surface area contributed by atoms with Crippen LogP contribution in [0.2, 0.25) is 5.02 Å². The summed E-state index contributed by atoms with van der Waals surface area (Å²) in [5, 5.41) is 12.0. The predicted octanol–water partition coefficient (Wildman–Crippen LogP) is 4.78. The molecule has 1 aliphatic rings. The van der Waals surface area contributed by atoms with Crippen molar-refractivity contribution in [2.24, 2.45) is 5.73 Å². The van der Waals surface area contributed by atoms with Crippen molar-refractivity contribution in [3.63, 3.8) is 0 Å². The summed E-state index contributed by atoms with van der Waals surface area (Å²) in [6.45, 7) is 2.97. The van der Waals surface area contributed by atoms with E-state index in [4.69, 9.17) is 32.2 Å². The van der Waals surface area contributed by atoms with Gasteiger partial charge in [-0.05, 0) is 61.1 Å². The Balaban J connectivity index is 1.18. The van der Waals surface area contributed by atoms with Gasteiger partial charge in [-0.2, -0.15) is 0 Å². The first kappa shape index (κ1) is 32.6. The van der Waals surface area contributed by atoms with Crippen molar-refractivity contribution >= 4 is 34.4 Å². The molecule has 45 heavy (non-hydrogen) atoms. The average molecular weight is 632 g/mol. The number of nitrogens with zero attached hydrogens (tertiary/aromatic N) is 3. The molecule has 0 spiro atoms. The van der Waals surface area contributed by atoms with Crippen molar-refractivity contribution in [3.8, 4) is 11.1 Å². The average Bonchev–Trinajstić information content (AvgIpc) is 3.42. The highest BCUT2D eigenvalue weighted by atomic mass is 35.5. The van der Waals surface area contributed by atoms with E-state index in [9.17, 15) is 9.59 Å². The van der Waals surface area contributed by atoms with Gasteiger partial charge in [0, 0.05) is 74.4 Å². The number of rotatable bonds is 13. The second-order valence-corrected chi connectivity index (χ2v) is 12.1. The van der Waals surface area contributed by atoms with Crippen molar-refractivity contribution in [1.29, 1.82) is 0 Å². The maximum absolute atomic E-state index is 13.4. The van der Waals surface area contributed by atoms with Gasteiger partial charge in [0.2, 0.25) is 5.91 Å². The van der Waals surface area contributed by atoms with E-state index in [1.165, 1.54) is 0 Å². The zero-order chi connectivity index (χ0) is 31.8. The molecule has 238 valence electrons. The molecule has 1 fully saturated rings. The lowest BCUT2D eigenvalue weighted by Crippen LogP contribution is -2.42. The lowest BCUT2D eigenvalue weighted by molar-refractivity contribution is -0.132. The number of fused-ring (bicyclic) bond motifs is 1. The Morgan fingerprint density at radius 1 is 1.16 bits per heavy atom. The number of methoxy groups -OCH3 is 1. The van der Waals surface area contributed by atoms with E-state index < -0.39 is 0 Å². The van der Waals surface area contributed by atoms with Crippen molar-refractivity contribution in [2.75, 3.05) is 40.0 Å². The predicted molar refractivity (Wildman–Crippen MR) is 177 cm³/mol. The van der Waals surface area contributed by atoms with Crippen LogP contribution in [0.15, 0.2) is 66.7 Å². The van der Waals surface area contributed by atoms with Gasteiger partial charge in [0.15, 0.2) is 0 Å². The topological polar surface area (TPSA) is 123 Å². The number of piperidine rings is 1. The fourth-order valence-electron chi connectivity index (χ4n) is 6.13. The van der Waals surface area contributed by atoms with Crippen LogP contribution >= 0.6 is 11.6 Å². The quantitative estimate of drug-likeness (QED) is 0.183. The number of aliphatic hydroxyl groups is 1. The zero-order valence-corrected chi connectivity index (χ0v) is 26.5. The number of halogens is 1. The molecule has 0 bridgehead atoms. The first-order valence-corrected chi connectivity index (χ1v) is 16.0. The normalized spacial score (nSPS) is 15.7. The number of nitrogens with one attached hydrogen (secondary N) is 1. The molecular weight excluding hydrogens is 590 g/mol. The number of aliphatic hydroxyl groups excluding tert-OH is 1. The molecule has 9 nitrogen and oxygen atoms in total. The highest BCUT2D eigenvalue weighted by Crippen LogP contribution is 2.31. The Morgan fingerprint density at radius 3 is 2.71 bits per heavy atom. The van der Waals surface area contributed by atoms with Gasteiger partial charge in [0.1, 0.15) is 5.82 Å². The number of benzene rings is 3. The standard InChI is InChI=1S/C35H42ClN5O4/c1-45-19-5-17-41-32-8-3-2-7-31(32)39-34(41)27-6-4-16-40(23-27)33(43)22-28(37)20-24-9-11-25(12-10-24)29-14-13-26(21-30(29)36)35(44)38-15-18-42/h2-3,7-14,21,27-28,42H,4-6,15-20,22-23,37H2,1H3,(H,38,44). The van der Waals surface area contributed by atoms with Gasteiger partial charge in [-0.15, -0.1) is 0 Å². The second-order valence-electron chi connectivity index (χ2n) is 11.7. The Bertz CT molecular complexity index is 1610. The molecule has 0 saturated carbocycles. The molecule has 5 rings (SSSR count). The van der Waals surface area contributed by atoms with Crippen LogP contribution in [0.5, 0.6) is 0 Å². The van der Waals surface area contributed by atoms with Crippen molar-refractivity contribution < 1.29 is 19.4 Å². The fourth-order valence-corrected chi connectivity index (χ4v) is 6.42. The van der Waals surface area contributed by atoms with Gasteiger partial charge < -0.3 is 30.4 Å². The SMILES string of the molecule is COCCCn1c(C2CCCN(C(=O)CC(N)Cc3ccc(-c4ccc(C(=O)NCCO)cc4Cl)cc3)C2)nc2ccccc21. The number of ether oxygens (including phenoxy) is 1. The molecule has 2 unspecified atom stereocenters. The third-order valence-electron chi connectivity index (χ3n) is 8.38. The minimum absolute atomic E-state index is 0.0840. The number of amides is 2. The Morgan fingerprint density at radius 2 is 1.96 bits per heavy atom. The number of imidazole rings is 1. The first-order valence-electron chi connectivity index (χ1n) is 15.6. The van der Waals surface area contributed by atoms with Crippen LogP contribution in [0.1, 0.15) is 53.3 Å². The number of carbonyl (C=O) groups excluding carboxylic acids is 2. The molecule has 2 heterocycles. The zero-order valence-electron chi connectivity index (χ0n) is 25.8.